The maximum Gasteiger partial charge on any atom is 0.302 e. The number of esters is 1. The number of carbonyl (C=O) groups is 1. The van der Waals surface area contributed by atoms with Crippen molar-refractivity contribution in [3.8, 4) is 0 Å². The Bertz CT molecular complexity index is 333. The van der Waals surface area contributed by atoms with E-state index in [0.29, 0.717) is 6.42 Å². The quantitative estimate of drug-likeness (QED) is 0.505. The largest absolute Gasteiger partial charge is 0.465 e. The van der Waals surface area contributed by atoms with Crippen molar-refractivity contribution in [3.05, 3.63) is 11.6 Å². The SMILES string of the molecule is [2H]C([2H])([2H])[C@]1(C)CCC=C(C)[C@H]1COC(C)=O. The summed E-state index contributed by atoms with van der Waals surface area (Å²) in [4.78, 5) is 10.9. The van der Waals surface area contributed by atoms with E-state index < -0.39 is 12.3 Å². The van der Waals surface area contributed by atoms with E-state index in [1.165, 1.54) is 6.92 Å². The van der Waals surface area contributed by atoms with Gasteiger partial charge in [0.15, 0.2) is 0 Å². The van der Waals surface area contributed by atoms with Crippen LogP contribution in [-0.4, -0.2) is 12.6 Å². The lowest BCUT2D eigenvalue weighted by Gasteiger charge is -2.37. The fourth-order valence-electron chi connectivity index (χ4n) is 1.93. The van der Waals surface area contributed by atoms with Gasteiger partial charge in [-0.1, -0.05) is 25.4 Å². The average molecular weight is 199 g/mol. The minimum atomic E-state index is -2.03. The van der Waals surface area contributed by atoms with E-state index in [1.807, 2.05) is 13.0 Å². The van der Waals surface area contributed by atoms with Gasteiger partial charge in [0.25, 0.3) is 0 Å². The number of hydrogen-bond acceptors (Lipinski definition) is 2. The topological polar surface area (TPSA) is 26.3 Å². The third kappa shape index (κ3) is 2.60. The predicted molar refractivity (Wildman–Crippen MR) is 56.9 cm³/mol. The summed E-state index contributed by atoms with van der Waals surface area (Å²) in [6, 6.07) is 0. The number of ether oxygens (including phenoxy) is 1. The lowest BCUT2D eigenvalue weighted by atomic mass is 9.69. The van der Waals surface area contributed by atoms with Gasteiger partial charge in [0.1, 0.15) is 0 Å². The minimum Gasteiger partial charge on any atom is -0.465 e. The summed E-state index contributed by atoms with van der Waals surface area (Å²) in [7, 11) is 0. The molecule has 2 nitrogen and oxygen atoms in total. The maximum absolute atomic E-state index is 10.9. The predicted octanol–water partition coefficient (Wildman–Crippen LogP) is 2.93. The molecule has 1 aliphatic rings. The zero-order chi connectivity index (χ0) is 13.3. The van der Waals surface area contributed by atoms with Gasteiger partial charge in [-0.2, -0.15) is 0 Å². The van der Waals surface area contributed by atoms with Crippen LogP contribution in [0, 0.1) is 11.3 Å². The van der Waals surface area contributed by atoms with Crippen molar-refractivity contribution in [1.29, 1.82) is 0 Å². The molecule has 0 N–H and O–H groups in total. The first-order valence-electron chi connectivity index (χ1n) is 6.48. The van der Waals surface area contributed by atoms with Gasteiger partial charge < -0.3 is 4.74 Å². The number of hydrogen-bond donors (Lipinski definition) is 0. The van der Waals surface area contributed by atoms with Gasteiger partial charge in [-0.15, -0.1) is 0 Å². The second kappa shape index (κ2) is 4.16. The van der Waals surface area contributed by atoms with Crippen LogP contribution < -0.4 is 0 Å². The minimum absolute atomic E-state index is 0.159. The van der Waals surface area contributed by atoms with Crippen molar-refractivity contribution < 1.29 is 13.6 Å². The Morgan fingerprint density at radius 1 is 1.86 bits per heavy atom. The van der Waals surface area contributed by atoms with E-state index in [0.717, 1.165) is 12.0 Å². The molecular formula is C12H20O2. The highest BCUT2D eigenvalue weighted by Gasteiger charge is 2.33. The highest BCUT2D eigenvalue weighted by molar-refractivity contribution is 5.65. The van der Waals surface area contributed by atoms with Crippen molar-refractivity contribution in [2.45, 2.75) is 40.5 Å². The van der Waals surface area contributed by atoms with E-state index in [4.69, 9.17) is 8.85 Å². The van der Waals surface area contributed by atoms with Crippen molar-refractivity contribution in [1.82, 2.24) is 0 Å². The van der Waals surface area contributed by atoms with E-state index in [9.17, 15) is 4.79 Å². The monoisotopic (exact) mass is 199 g/mol. The molecule has 0 saturated heterocycles. The molecule has 0 spiro atoms. The Morgan fingerprint density at radius 2 is 2.57 bits per heavy atom. The molecule has 0 amide bonds. The van der Waals surface area contributed by atoms with Crippen LogP contribution in [0.15, 0.2) is 11.6 Å². The molecule has 1 rings (SSSR count). The van der Waals surface area contributed by atoms with Crippen molar-refractivity contribution in [2.24, 2.45) is 11.3 Å². The first-order valence-corrected chi connectivity index (χ1v) is 4.98. The second-order valence-corrected chi connectivity index (χ2v) is 4.26. The summed E-state index contributed by atoms with van der Waals surface area (Å²) in [6.45, 7) is 3.15. The van der Waals surface area contributed by atoms with Crippen LogP contribution in [0.5, 0.6) is 0 Å². The van der Waals surface area contributed by atoms with Gasteiger partial charge in [-0.25, -0.2) is 0 Å². The Balaban J connectivity index is 2.95. The fraction of sp³-hybridized carbons (Fsp3) is 0.750. The molecule has 0 saturated carbocycles. The molecule has 1 aliphatic carbocycles. The molecule has 0 unspecified atom stereocenters. The number of rotatable bonds is 2. The summed E-state index contributed by atoms with van der Waals surface area (Å²) in [5.74, 6) is -0.580. The van der Waals surface area contributed by atoms with Crippen LogP contribution in [0.3, 0.4) is 0 Å². The van der Waals surface area contributed by atoms with E-state index in [2.05, 4.69) is 0 Å². The smallest absolute Gasteiger partial charge is 0.302 e. The molecular weight excluding hydrogens is 176 g/mol. The summed E-state index contributed by atoms with van der Waals surface area (Å²) in [5.41, 5.74) is 0.206. The Hall–Kier alpha value is -0.790. The van der Waals surface area contributed by atoms with Crippen molar-refractivity contribution >= 4 is 5.97 Å². The molecule has 80 valence electrons. The molecule has 14 heavy (non-hydrogen) atoms. The molecule has 0 heterocycles. The summed E-state index contributed by atoms with van der Waals surface area (Å²) in [5, 5.41) is 0. The van der Waals surface area contributed by atoms with E-state index in [-0.39, 0.29) is 18.5 Å². The Morgan fingerprint density at radius 3 is 3.14 bits per heavy atom. The van der Waals surface area contributed by atoms with Crippen LogP contribution in [0.1, 0.15) is 44.6 Å². The first kappa shape index (κ1) is 7.49. The third-order valence-corrected chi connectivity index (χ3v) is 2.90. The molecule has 0 aromatic rings. The third-order valence-electron chi connectivity index (χ3n) is 2.90. The molecule has 2 heteroatoms. The zero-order valence-corrected chi connectivity index (χ0v) is 9.09. The van der Waals surface area contributed by atoms with Gasteiger partial charge in [-0.3, -0.25) is 4.79 Å². The normalized spacial score (nSPS) is 36.4. The zero-order valence-electron chi connectivity index (χ0n) is 12.1. The highest BCUT2D eigenvalue weighted by Crippen LogP contribution is 2.40. The Labute approximate surface area is 90.5 Å². The molecule has 0 fully saturated rings. The first-order chi connectivity index (χ1) is 7.68. The molecule has 0 aromatic heterocycles. The fourth-order valence-corrected chi connectivity index (χ4v) is 1.93. The lowest BCUT2D eigenvalue weighted by Crippen LogP contribution is -2.32. The van der Waals surface area contributed by atoms with Gasteiger partial charge in [0.05, 0.1) is 6.61 Å². The van der Waals surface area contributed by atoms with Crippen LogP contribution in [0.25, 0.3) is 0 Å². The van der Waals surface area contributed by atoms with Crippen LogP contribution in [-0.2, 0) is 9.53 Å². The van der Waals surface area contributed by atoms with Crippen LogP contribution >= 0.6 is 0 Å². The summed E-state index contributed by atoms with van der Waals surface area (Å²) < 4.78 is 28.1. The van der Waals surface area contributed by atoms with Gasteiger partial charge >= 0.3 is 5.97 Å². The van der Waals surface area contributed by atoms with Crippen molar-refractivity contribution in [2.75, 3.05) is 6.61 Å². The lowest BCUT2D eigenvalue weighted by molar-refractivity contribution is -0.143. The molecule has 0 bridgehead atoms. The number of allylic oxidation sites excluding steroid dienone is 1. The molecule has 0 radical (unpaired) electrons. The highest BCUT2D eigenvalue weighted by atomic mass is 16.5. The molecule has 0 aliphatic heterocycles. The maximum atomic E-state index is 10.9. The summed E-state index contributed by atoms with van der Waals surface area (Å²) in [6.07, 6.45) is 3.42. The van der Waals surface area contributed by atoms with Crippen LogP contribution in [0.4, 0.5) is 0 Å². The van der Waals surface area contributed by atoms with Crippen molar-refractivity contribution in [3.63, 3.8) is 0 Å². The number of carbonyl (C=O) groups excluding carboxylic acids is 1. The summed E-state index contributed by atoms with van der Waals surface area (Å²) >= 11 is 0. The standard InChI is InChI=1S/C12H20O2/c1-9-6-5-7-12(3,4)11(9)8-14-10(2)13/h6,11H,5,7-8H2,1-4H3/t11-/m1/s1/i3D3/t11-,12+. The van der Waals surface area contributed by atoms with Gasteiger partial charge in [-0.05, 0) is 25.2 Å². The molecule has 2 atom stereocenters. The second-order valence-electron chi connectivity index (χ2n) is 4.26. The van der Waals surface area contributed by atoms with Gasteiger partial charge in [0.2, 0.25) is 0 Å². The van der Waals surface area contributed by atoms with E-state index in [1.54, 1.807) is 6.92 Å². The Kier molecular flexibility index (Phi) is 2.23. The van der Waals surface area contributed by atoms with E-state index >= 15 is 0 Å². The average Bonchev–Trinajstić information content (AvgIpc) is 2.14. The van der Waals surface area contributed by atoms with Crippen LogP contribution in [0.2, 0.25) is 0 Å². The van der Waals surface area contributed by atoms with Gasteiger partial charge in [0, 0.05) is 17.0 Å². The molecule has 0 aromatic carbocycles.